The lowest BCUT2D eigenvalue weighted by atomic mass is 10.00. The van der Waals surface area contributed by atoms with Gasteiger partial charge in [0.25, 0.3) is 0 Å². The molecule has 1 amide bonds. The summed E-state index contributed by atoms with van der Waals surface area (Å²) in [5.74, 6) is 2.25. The molecule has 0 heterocycles. The van der Waals surface area contributed by atoms with Gasteiger partial charge in [-0.1, -0.05) is 24.1 Å². The number of hydrogen-bond donors (Lipinski definition) is 0. The van der Waals surface area contributed by atoms with Gasteiger partial charge in [0.2, 0.25) is 5.91 Å². The molecule has 1 saturated carbocycles. The van der Waals surface area contributed by atoms with Crippen LogP contribution in [0.3, 0.4) is 0 Å². The van der Waals surface area contributed by atoms with Gasteiger partial charge >= 0.3 is 0 Å². The Kier molecular flexibility index (Phi) is 3.20. The van der Waals surface area contributed by atoms with E-state index in [0.29, 0.717) is 12.8 Å². The molecule has 0 aliphatic heterocycles. The molecule has 18 heavy (non-hydrogen) atoms. The van der Waals surface area contributed by atoms with E-state index in [1.54, 1.807) is 0 Å². The Bertz CT molecular complexity index is 509. The Morgan fingerprint density at radius 3 is 2.39 bits per heavy atom. The number of rotatable bonds is 4. The summed E-state index contributed by atoms with van der Waals surface area (Å²) in [6.45, 7) is 1.67. The molecule has 1 aromatic rings. The van der Waals surface area contributed by atoms with Gasteiger partial charge in [-0.25, -0.2) is 0 Å². The van der Waals surface area contributed by atoms with E-state index in [1.807, 2.05) is 30.3 Å². The van der Waals surface area contributed by atoms with Crippen LogP contribution in [0.2, 0.25) is 0 Å². The van der Waals surface area contributed by atoms with Crippen molar-refractivity contribution in [1.82, 2.24) is 0 Å². The Labute approximate surface area is 107 Å². The van der Waals surface area contributed by atoms with Crippen LogP contribution in [0.4, 0.5) is 5.69 Å². The van der Waals surface area contributed by atoms with Crippen molar-refractivity contribution in [2.75, 3.05) is 11.4 Å². The average molecular weight is 241 g/mol. The van der Waals surface area contributed by atoms with E-state index >= 15 is 0 Å². The Morgan fingerprint density at radius 2 is 1.94 bits per heavy atom. The number of amides is 1. The number of ketones is 1. The molecule has 0 unspecified atom stereocenters. The second kappa shape index (κ2) is 4.66. The predicted molar refractivity (Wildman–Crippen MR) is 70.0 cm³/mol. The molecule has 1 aliphatic rings. The van der Waals surface area contributed by atoms with Crippen molar-refractivity contribution >= 4 is 17.4 Å². The smallest absolute Gasteiger partial charge is 0.241 e. The zero-order chi connectivity index (χ0) is 13.2. The van der Waals surface area contributed by atoms with Crippen LogP contribution < -0.4 is 4.90 Å². The van der Waals surface area contributed by atoms with Crippen molar-refractivity contribution in [3.63, 3.8) is 0 Å². The molecule has 0 bridgehead atoms. The minimum atomic E-state index is -0.813. The maximum Gasteiger partial charge on any atom is 0.241 e. The topological polar surface area (TPSA) is 37.4 Å². The molecule has 0 aromatic heterocycles. The first-order valence-electron chi connectivity index (χ1n) is 5.93. The summed E-state index contributed by atoms with van der Waals surface area (Å²) >= 11 is 0. The number of benzene rings is 1. The van der Waals surface area contributed by atoms with Crippen molar-refractivity contribution in [2.45, 2.75) is 19.8 Å². The van der Waals surface area contributed by atoms with Gasteiger partial charge in [-0.2, -0.15) is 0 Å². The predicted octanol–water partition coefficient (Wildman–Crippen LogP) is 2.02. The number of nitrogens with zero attached hydrogens (tertiary/aromatic N) is 1. The van der Waals surface area contributed by atoms with Gasteiger partial charge in [0.1, 0.15) is 11.2 Å². The summed E-state index contributed by atoms with van der Waals surface area (Å²) in [4.78, 5) is 25.6. The Balaban J connectivity index is 2.30. The lowest BCUT2D eigenvalue weighted by molar-refractivity contribution is -0.133. The second-order valence-corrected chi connectivity index (χ2v) is 4.57. The average Bonchev–Trinajstić information content (AvgIpc) is 3.17. The van der Waals surface area contributed by atoms with E-state index < -0.39 is 5.41 Å². The largest absolute Gasteiger partial charge is 0.300 e. The van der Waals surface area contributed by atoms with Crippen LogP contribution in [0.1, 0.15) is 19.8 Å². The first kappa shape index (κ1) is 12.4. The second-order valence-electron chi connectivity index (χ2n) is 4.57. The Morgan fingerprint density at radius 1 is 1.33 bits per heavy atom. The third kappa shape index (κ3) is 2.02. The summed E-state index contributed by atoms with van der Waals surface area (Å²) in [5.41, 5.74) is -0.0693. The van der Waals surface area contributed by atoms with Gasteiger partial charge in [-0.3, -0.25) is 14.5 Å². The van der Waals surface area contributed by atoms with E-state index in [9.17, 15) is 9.59 Å². The van der Waals surface area contributed by atoms with Crippen LogP contribution in [0, 0.1) is 17.8 Å². The Hall–Kier alpha value is -2.08. The standard InChI is InChI=1S/C15H15NO2/c1-3-11-16(13-7-5-4-6-8-13)14(18)15(9-10-15)12(2)17/h1,4-8H,9-11H2,2H3. The quantitative estimate of drug-likeness (QED) is 0.597. The molecular formula is C15H15NO2. The number of hydrogen-bond acceptors (Lipinski definition) is 2. The van der Waals surface area contributed by atoms with Gasteiger partial charge in [-0.15, -0.1) is 6.42 Å². The minimum Gasteiger partial charge on any atom is -0.300 e. The fourth-order valence-corrected chi connectivity index (χ4v) is 2.08. The molecule has 92 valence electrons. The highest BCUT2D eigenvalue weighted by Crippen LogP contribution is 2.48. The summed E-state index contributed by atoms with van der Waals surface area (Å²) < 4.78 is 0. The maximum atomic E-state index is 12.5. The molecule has 2 rings (SSSR count). The van der Waals surface area contributed by atoms with Crippen molar-refractivity contribution in [3.05, 3.63) is 30.3 Å². The molecule has 0 radical (unpaired) electrons. The van der Waals surface area contributed by atoms with Gasteiger partial charge in [0.05, 0.1) is 6.54 Å². The summed E-state index contributed by atoms with van der Waals surface area (Å²) in [5, 5.41) is 0. The first-order valence-corrected chi connectivity index (χ1v) is 5.93. The monoisotopic (exact) mass is 241 g/mol. The van der Waals surface area contributed by atoms with Gasteiger partial charge in [0.15, 0.2) is 0 Å². The van der Waals surface area contributed by atoms with Crippen LogP contribution in [-0.4, -0.2) is 18.2 Å². The lowest BCUT2D eigenvalue weighted by Crippen LogP contribution is -2.40. The number of terminal acetylenes is 1. The van der Waals surface area contributed by atoms with Crippen molar-refractivity contribution in [3.8, 4) is 12.3 Å². The number of para-hydroxylation sites is 1. The molecule has 0 saturated heterocycles. The molecule has 3 nitrogen and oxygen atoms in total. The summed E-state index contributed by atoms with van der Waals surface area (Å²) in [6, 6.07) is 9.22. The molecule has 1 aromatic carbocycles. The molecular weight excluding hydrogens is 226 g/mol. The molecule has 0 atom stereocenters. The van der Waals surface area contributed by atoms with E-state index in [0.717, 1.165) is 5.69 Å². The molecule has 0 N–H and O–H groups in total. The van der Waals surface area contributed by atoms with Gasteiger partial charge < -0.3 is 0 Å². The van der Waals surface area contributed by atoms with Gasteiger partial charge in [-0.05, 0) is 31.9 Å². The number of anilines is 1. The third-order valence-electron chi connectivity index (χ3n) is 3.40. The highest BCUT2D eigenvalue weighted by atomic mass is 16.2. The van der Waals surface area contributed by atoms with Crippen LogP contribution in [0.25, 0.3) is 0 Å². The van der Waals surface area contributed by atoms with Crippen LogP contribution in [0.15, 0.2) is 30.3 Å². The highest BCUT2D eigenvalue weighted by molar-refractivity contribution is 6.14. The lowest BCUT2D eigenvalue weighted by Gasteiger charge is -2.24. The molecule has 1 fully saturated rings. The van der Waals surface area contributed by atoms with Crippen LogP contribution in [0.5, 0.6) is 0 Å². The van der Waals surface area contributed by atoms with Crippen molar-refractivity contribution < 1.29 is 9.59 Å². The number of carbonyl (C=O) groups excluding carboxylic acids is 2. The molecule has 3 heteroatoms. The fraction of sp³-hybridized carbons (Fsp3) is 0.333. The fourth-order valence-electron chi connectivity index (χ4n) is 2.08. The maximum absolute atomic E-state index is 12.5. The SMILES string of the molecule is C#CCN(C(=O)C1(C(C)=O)CC1)c1ccccc1. The van der Waals surface area contributed by atoms with Crippen LogP contribution >= 0.6 is 0 Å². The number of Topliss-reactive ketones (excluding diaryl/α,β-unsaturated/α-hetero) is 1. The minimum absolute atomic E-state index is 0.0644. The molecule has 1 aliphatic carbocycles. The van der Waals surface area contributed by atoms with E-state index in [4.69, 9.17) is 6.42 Å². The normalized spacial score (nSPS) is 15.6. The van der Waals surface area contributed by atoms with E-state index in [1.165, 1.54) is 11.8 Å². The zero-order valence-electron chi connectivity index (χ0n) is 10.3. The van der Waals surface area contributed by atoms with Crippen LogP contribution in [-0.2, 0) is 9.59 Å². The van der Waals surface area contributed by atoms with E-state index in [-0.39, 0.29) is 18.2 Å². The van der Waals surface area contributed by atoms with Crippen molar-refractivity contribution in [1.29, 1.82) is 0 Å². The zero-order valence-corrected chi connectivity index (χ0v) is 10.3. The first-order chi connectivity index (χ1) is 8.62. The van der Waals surface area contributed by atoms with Crippen molar-refractivity contribution in [2.24, 2.45) is 5.41 Å². The third-order valence-corrected chi connectivity index (χ3v) is 3.40. The number of carbonyl (C=O) groups is 2. The summed E-state index contributed by atoms with van der Waals surface area (Å²) in [7, 11) is 0. The highest BCUT2D eigenvalue weighted by Gasteiger charge is 2.55. The van der Waals surface area contributed by atoms with E-state index in [2.05, 4.69) is 5.92 Å². The summed E-state index contributed by atoms with van der Waals surface area (Å²) in [6.07, 6.45) is 6.58. The molecule has 0 spiro atoms. The van der Waals surface area contributed by atoms with Gasteiger partial charge in [0, 0.05) is 5.69 Å².